The van der Waals surface area contributed by atoms with Crippen LogP contribution in [-0.4, -0.2) is 47.8 Å². The van der Waals surface area contributed by atoms with Gasteiger partial charge in [-0.2, -0.15) is 5.10 Å². The van der Waals surface area contributed by atoms with Gasteiger partial charge < -0.3 is 9.64 Å². The van der Waals surface area contributed by atoms with Gasteiger partial charge in [-0.15, -0.1) is 11.3 Å². The number of methoxy groups -OCH3 is 1. The van der Waals surface area contributed by atoms with Crippen molar-refractivity contribution in [2.45, 2.75) is 19.9 Å². The third kappa shape index (κ3) is 3.08. The fourth-order valence-corrected chi connectivity index (χ4v) is 2.70. The van der Waals surface area contributed by atoms with Crippen molar-refractivity contribution in [3.05, 3.63) is 28.8 Å². The number of carbonyl (C=O) groups is 1. The Balaban J connectivity index is 2.14. The summed E-state index contributed by atoms with van der Waals surface area (Å²) < 4.78 is 5.07. The highest BCUT2D eigenvalue weighted by Crippen LogP contribution is 2.26. The summed E-state index contributed by atoms with van der Waals surface area (Å²) in [7, 11) is 3.39. The molecule has 0 spiro atoms. The minimum atomic E-state index is -0.106. The van der Waals surface area contributed by atoms with Crippen LogP contribution in [0.15, 0.2) is 18.2 Å². The summed E-state index contributed by atoms with van der Waals surface area (Å²) in [5.41, 5.74) is 1.30. The van der Waals surface area contributed by atoms with E-state index in [1.807, 2.05) is 13.0 Å². The molecule has 20 heavy (non-hydrogen) atoms. The van der Waals surface area contributed by atoms with E-state index >= 15 is 0 Å². The van der Waals surface area contributed by atoms with Crippen LogP contribution in [0.5, 0.6) is 0 Å². The first-order chi connectivity index (χ1) is 9.52. The largest absolute Gasteiger partial charge is 0.383 e. The smallest absolute Gasteiger partial charge is 0.274 e. The lowest BCUT2D eigenvalue weighted by molar-refractivity contribution is 0.0628. The Labute approximate surface area is 122 Å². The second-order valence-electron chi connectivity index (χ2n) is 4.80. The van der Waals surface area contributed by atoms with Crippen molar-refractivity contribution in [3.8, 4) is 10.6 Å². The van der Waals surface area contributed by atoms with E-state index in [4.69, 9.17) is 4.74 Å². The zero-order valence-electron chi connectivity index (χ0n) is 12.1. The van der Waals surface area contributed by atoms with Crippen molar-refractivity contribution >= 4 is 17.2 Å². The molecule has 6 heteroatoms. The molecule has 2 heterocycles. The molecule has 0 saturated heterocycles. The molecule has 0 unspecified atom stereocenters. The molecule has 5 nitrogen and oxygen atoms in total. The van der Waals surface area contributed by atoms with Crippen LogP contribution in [0.2, 0.25) is 0 Å². The quantitative estimate of drug-likeness (QED) is 0.921. The minimum absolute atomic E-state index is 0.0108. The lowest BCUT2D eigenvalue weighted by atomic mass is 10.2. The molecule has 0 aliphatic carbocycles. The number of H-pyrrole nitrogens is 1. The van der Waals surface area contributed by atoms with E-state index in [1.54, 1.807) is 36.5 Å². The number of hydrogen-bond acceptors (Lipinski definition) is 4. The van der Waals surface area contributed by atoms with Crippen LogP contribution < -0.4 is 0 Å². The van der Waals surface area contributed by atoms with Gasteiger partial charge in [0.1, 0.15) is 0 Å². The molecule has 0 aliphatic heterocycles. The van der Waals surface area contributed by atoms with Crippen LogP contribution in [-0.2, 0) is 4.74 Å². The van der Waals surface area contributed by atoms with Crippen LogP contribution in [0.4, 0.5) is 0 Å². The van der Waals surface area contributed by atoms with Gasteiger partial charge in [-0.3, -0.25) is 9.89 Å². The van der Waals surface area contributed by atoms with E-state index in [1.165, 1.54) is 4.88 Å². The van der Waals surface area contributed by atoms with Crippen molar-refractivity contribution in [3.63, 3.8) is 0 Å². The molecule has 0 fully saturated rings. The maximum Gasteiger partial charge on any atom is 0.274 e. The summed E-state index contributed by atoms with van der Waals surface area (Å²) in [6.07, 6.45) is 0. The van der Waals surface area contributed by atoms with Gasteiger partial charge in [0.05, 0.1) is 23.2 Å². The van der Waals surface area contributed by atoms with Gasteiger partial charge in [-0.05, 0) is 32.0 Å². The molecule has 0 aliphatic rings. The minimum Gasteiger partial charge on any atom is -0.383 e. The van der Waals surface area contributed by atoms with Crippen LogP contribution in [0.1, 0.15) is 22.3 Å². The molecule has 0 radical (unpaired) electrons. The van der Waals surface area contributed by atoms with Gasteiger partial charge >= 0.3 is 0 Å². The van der Waals surface area contributed by atoms with Gasteiger partial charge in [-0.1, -0.05) is 0 Å². The number of aromatic amines is 1. The van der Waals surface area contributed by atoms with Crippen LogP contribution in [0.25, 0.3) is 10.6 Å². The zero-order valence-corrected chi connectivity index (χ0v) is 13.0. The average Bonchev–Trinajstić information content (AvgIpc) is 3.05. The van der Waals surface area contributed by atoms with E-state index < -0.39 is 0 Å². The molecule has 2 rings (SSSR count). The standard InChI is InChI=1S/C14H19N3O2S/c1-9(8-19-4)17(3)14(18)12-7-11(15-16-12)13-6-5-10(2)20-13/h5-7,9H,8H2,1-4H3,(H,15,16)/t9-/m0/s1. The fourth-order valence-electron chi connectivity index (χ4n) is 1.87. The number of nitrogens with one attached hydrogen (secondary N) is 1. The van der Waals surface area contributed by atoms with E-state index in [2.05, 4.69) is 23.2 Å². The number of thiophene rings is 1. The van der Waals surface area contributed by atoms with E-state index in [-0.39, 0.29) is 11.9 Å². The molecule has 0 bridgehead atoms. The Bertz CT molecular complexity index is 591. The molecule has 2 aromatic rings. The van der Waals surface area contributed by atoms with Gasteiger partial charge in [0.2, 0.25) is 0 Å². The molecule has 2 aromatic heterocycles. The number of amides is 1. The molecule has 0 saturated carbocycles. The highest BCUT2D eigenvalue weighted by Gasteiger charge is 2.20. The van der Waals surface area contributed by atoms with Crippen molar-refractivity contribution in [1.29, 1.82) is 0 Å². The SMILES string of the molecule is COC[C@H](C)N(C)C(=O)c1cc(-c2ccc(C)s2)[nH]n1. The molecule has 0 aromatic carbocycles. The lowest BCUT2D eigenvalue weighted by Crippen LogP contribution is -2.38. The monoisotopic (exact) mass is 293 g/mol. The van der Waals surface area contributed by atoms with Crippen molar-refractivity contribution in [1.82, 2.24) is 15.1 Å². The van der Waals surface area contributed by atoms with Gasteiger partial charge in [0.25, 0.3) is 5.91 Å². The fraction of sp³-hybridized carbons (Fsp3) is 0.429. The zero-order chi connectivity index (χ0) is 14.7. The third-order valence-corrected chi connectivity index (χ3v) is 4.23. The molecular formula is C14H19N3O2S. The normalized spacial score (nSPS) is 12.4. The number of carbonyl (C=O) groups excluding carboxylic acids is 1. The average molecular weight is 293 g/mol. The first-order valence-corrected chi connectivity index (χ1v) is 7.23. The Morgan fingerprint density at radius 1 is 1.55 bits per heavy atom. The second kappa shape index (κ2) is 6.19. The van der Waals surface area contributed by atoms with Gasteiger partial charge in [0.15, 0.2) is 5.69 Å². The molecule has 1 atom stereocenters. The highest BCUT2D eigenvalue weighted by atomic mass is 32.1. The summed E-state index contributed by atoms with van der Waals surface area (Å²) in [6, 6.07) is 5.88. The van der Waals surface area contributed by atoms with Crippen LogP contribution >= 0.6 is 11.3 Å². The Morgan fingerprint density at radius 2 is 2.30 bits per heavy atom. The predicted octanol–water partition coefficient (Wildman–Crippen LogP) is 2.55. The Hall–Kier alpha value is -1.66. The number of hydrogen-bond donors (Lipinski definition) is 1. The third-order valence-electron chi connectivity index (χ3n) is 3.19. The second-order valence-corrected chi connectivity index (χ2v) is 6.09. The number of aryl methyl sites for hydroxylation is 1. The number of aromatic nitrogens is 2. The van der Waals surface area contributed by atoms with Crippen molar-refractivity contribution < 1.29 is 9.53 Å². The summed E-state index contributed by atoms with van der Waals surface area (Å²) in [6.45, 7) is 4.50. The summed E-state index contributed by atoms with van der Waals surface area (Å²) >= 11 is 1.67. The van der Waals surface area contributed by atoms with E-state index in [0.29, 0.717) is 12.3 Å². The van der Waals surface area contributed by atoms with E-state index in [9.17, 15) is 4.79 Å². The number of likely N-dealkylation sites (N-methyl/N-ethyl adjacent to an activating group) is 1. The molecule has 108 valence electrons. The van der Waals surface area contributed by atoms with E-state index in [0.717, 1.165) is 10.6 Å². The molecular weight excluding hydrogens is 274 g/mol. The number of rotatable bonds is 5. The Morgan fingerprint density at radius 3 is 2.90 bits per heavy atom. The number of ether oxygens (including phenoxy) is 1. The van der Waals surface area contributed by atoms with Crippen molar-refractivity contribution in [2.75, 3.05) is 20.8 Å². The first-order valence-electron chi connectivity index (χ1n) is 6.41. The topological polar surface area (TPSA) is 58.2 Å². The maximum absolute atomic E-state index is 12.3. The van der Waals surface area contributed by atoms with Crippen LogP contribution in [0, 0.1) is 6.92 Å². The summed E-state index contributed by atoms with van der Waals surface area (Å²) in [5.74, 6) is -0.106. The molecule has 1 amide bonds. The van der Waals surface area contributed by atoms with Gasteiger partial charge in [0, 0.05) is 19.0 Å². The summed E-state index contributed by atoms with van der Waals surface area (Å²) in [4.78, 5) is 16.3. The predicted molar refractivity (Wildman–Crippen MR) is 80.1 cm³/mol. The van der Waals surface area contributed by atoms with Crippen molar-refractivity contribution in [2.24, 2.45) is 0 Å². The maximum atomic E-state index is 12.3. The van der Waals surface area contributed by atoms with Crippen LogP contribution in [0.3, 0.4) is 0 Å². The van der Waals surface area contributed by atoms with Gasteiger partial charge in [-0.25, -0.2) is 0 Å². The Kier molecular flexibility index (Phi) is 4.57. The summed E-state index contributed by atoms with van der Waals surface area (Å²) in [5, 5.41) is 7.04. The first kappa shape index (κ1) is 14.7. The number of nitrogens with zero attached hydrogens (tertiary/aromatic N) is 2. The molecule has 1 N–H and O–H groups in total. The highest BCUT2D eigenvalue weighted by molar-refractivity contribution is 7.15. The lowest BCUT2D eigenvalue weighted by Gasteiger charge is -2.23.